The molecule has 0 N–H and O–H groups in total. The van der Waals surface area contributed by atoms with Gasteiger partial charge in [-0.25, -0.2) is 0 Å². The van der Waals surface area contributed by atoms with E-state index < -0.39 is 0 Å². The summed E-state index contributed by atoms with van der Waals surface area (Å²) in [5, 5.41) is 0. The fourth-order valence-corrected chi connectivity index (χ4v) is 2.00. The highest BCUT2D eigenvalue weighted by Gasteiger charge is 2.05. The van der Waals surface area contributed by atoms with Crippen LogP contribution in [-0.2, 0) is 0 Å². The maximum Gasteiger partial charge on any atom is 0.185 e. The molecular formula is C15H13BrO. The molecule has 0 fully saturated rings. The first kappa shape index (κ1) is 12.1. The van der Waals surface area contributed by atoms with Gasteiger partial charge in [0.2, 0.25) is 0 Å². The Morgan fingerprint density at radius 1 is 1.29 bits per heavy atom. The summed E-state index contributed by atoms with van der Waals surface area (Å²) in [7, 11) is 0. The van der Waals surface area contributed by atoms with Gasteiger partial charge in [-0.05, 0) is 18.4 Å². The number of rotatable bonds is 3. The Balaban J connectivity index is 1.98. The van der Waals surface area contributed by atoms with Crippen molar-refractivity contribution in [2.24, 2.45) is 5.92 Å². The molecule has 0 radical (unpaired) electrons. The van der Waals surface area contributed by atoms with Crippen LogP contribution in [0.4, 0.5) is 0 Å². The number of allylic oxidation sites excluding steroid dienone is 6. The molecule has 0 amide bonds. The molecule has 0 aromatic heterocycles. The summed E-state index contributed by atoms with van der Waals surface area (Å²) in [6, 6.07) is 9.33. The second-order valence-corrected chi connectivity index (χ2v) is 4.85. The van der Waals surface area contributed by atoms with E-state index in [1.807, 2.05) is 42.5 Å². The Morgan fingerprint density at radius 2 is 2.06 bits per heavy atom. The van der Waals surface area contributed by atoms with Crippen LogP contribution in [0.2, 0.25) is 0 Å². The van der Waals surface area contributed by atoms with Gasteiger partial charge in [-0.1, -0.05) is 70.6 Å². The molecule has 0 bridgehead atoms. The summed E-state index contributed by atoms with van der Waals surface area (Å²) in [5.74, 6) is 0.386. The van der Waals surface area contributed by atoms with Crippen LogP contribution < -0.4 is 0 Å². The first-order chi connectivity index (χ1) is 8.25. The van der Waals surface area contributed by atoms with Crippen LogP contribution >= 0.6 is 15.9 Å². The van der Waals surface area contributed by atoms with Crippen molar-refractivity contribution in [2.45, 2.75) is 6.42 Å². The van der Waals surface area contributed by atoms with Gasteiger partial charge in [-0.2, -0.15) is 0 Å². The quantitative estimate of drug-likeness (QED) is 0.599. The van der Waals surface area contributed by atoms with Crippen molar-refractivity contribution in [3.8, 4) is 0 Å². The van der Waals surface area contributed by atoms with Crippen molar-refractivity contribution in [3.05, 3.63) is 70.8 Å². The second-order valence-electron chi connectivity index (χ2n) is 3.94. The molecule has 1 nitrogen and oxygen atoms in total. The number of ketones is 1. The van der Waals surface area contributed by atoms with Gasteiger partial charge >= 0.3 is 0 Å². The normalized spacial score (nSPS) is 19.4. The molecule has 86 valence electrons. The number of benzene rings is 1. The predicted octanol–water partition coefficient (Wildman–Crippen LogP) is 4.28. The number of carbonyl (C=O) groups is 1. The third kappa shape index (κ3) is 3.53. The zero-order valence-corrected chi connectivity index (χ0v) is 10.9. The second kappa shape index (κ2) is 5.78. The van der Waals surface area contributed by atoms with Crippen LogP contribution in [0, 0.1) is 5.92 Å². The third-order valence-electron chi connectivity index (χ3n) is 2.64. The topological polar surface area (TPSA) is 17.1 Å². The molecule has 1 unspecified atom stereocenters. The number of carbonyl (C=O) groups excluding carboxylic acids is 1. The van der Waals surface area contributed by atoms with Crippen LogP contribution in [0.15, 0.2) is 65.2 Å². The van der Waals surface area contributed by atoms with Gasteiger partial charge < -0.3 is 0 Å². The summed E-state index contributed by atoms with van der Waals surface area (Å²) in [6.45, 7) is 0. The average molecular weight is 289 g/mol. The van der Waals surface area contributed by atoms with Crippen molar-refractivity contribution in [3.63, 3.8) is 0 Å². The van der Waals surface area contributed by atoms with Crippen LogP contribution in [0.1, 0.15) is 16.8 Å². The molecule has 2 heteroatoms. The van der Waals surface area contributed by atoms with Gasteiger partial charge in [0.15, 0.2) is 5.78 Å². The monoisotopic (exact) mass is 288 g/mol. The van der Waals surface area contributed by atoms with E-state index in [1.165, 1.54) is 0 Å². The van der Waals surface area contributed by atoms with Crippen LogP contribution in [0.5, 0.6) is 0 Å². The van der Waals surface area contributed by atoms with Crippen LogP contribution in [0.25, 0.3) is 0 Å². The van der Waals surface area contributed by atoms with Crippen molar-refractivity contribution in [1.82, 2.24) is 0 Å². The van der Waals surface area contributed by atoms with Gasteiger partial charge in [0.25, 0.3) is 0 Å². The lowest BCUT2D eigenvalue weighted by molar-refractivity contribution is 0.104. The van der Waals surface area contributed by atoms with E-state index in [0.29, 0.717) is 5.92 Å². The molecule has 1 aromatic carbocycles. The van der Waals surface area contributed by atoms with E-state index in [2.05, 4.69) is 28.1 Å². The predicted molar refractivity (Wildman–Crippen MR) is 74.2 cm³/mol. The third-order valence-corrected chi connectivity index (χ3v) is 3.23. The minimum Gasteiger partial charge on any atom is -0.289 e. The first-order valence-electron chi connectivity index (χ1n) is 5.57. The highest BCUT2D eigenvalue weighted by atomic mass is 79.9. The van der Waals surface area contributed by atoms with E-state index in [1.54, 1.807) is 6.08 Å². The molecule has 0 spiro atoms. The lowest BCUT2D eigenvalue weighted by Gasteiger charge is -2.08. The molecule has 1 aliphatic rings. The van der Waals surface area contributed by atoms with Gasteiger partial charge in [-0.15, -0.1) is 0 Å². The highest BCUT2D eigenvalue weighted by Crippen LogP contribution is 2.21. The van der Waals surface area contributed by atoms with E-state index >= 15 is 0 Å². The van der Waals surface area contributed by atoms with Crippen LogP contribution in [0.3, 0.4) is 0 Å². The van der Waals surface area contributed by atoms with Crippen molar-refractivity contribution in [1.29, 1.82) is 0 Å². The molecule has 1 atom stereocenters. The number of hydrogen-bond acceptors (Lipinski definition) is 1. The summed E-state index contributed by atoms with van der Waals surface area (Å²) >= 11 is 3.42. The summed E-state index contributed by atoms with van der Waals surface area (Å²) in [4.78, 5) is 11.8. The van der Waals surface area contributed by atoms with Crippen molar-refractivity contribution >= 4 is 21.7 Å². The number of hydrogen-bond donors (Lipinski definition) is 0. The number of halogens is 1. The molecule has 0 aliphatic heterocycles. The highest BCUT2D eigenvalue weighted by molar-refractivity contribution is 9.11. The standard InChI is InChI=1S/C15H13BrO/c16-14-9-6-12(7-10-14)8-11-15(17)13-4-2-1-3-5-13/h1-6,8-12H,7H2. The summed E-state index contributed by atoms with van der Waals surface area (Å²) < 4.78 is 1.11. The zero-order chi connectivity index (χ0) is 12.1. The summed E-state index contributed by atoms with van der Waals surface area (Å²) in [5.41, 5.74) is 0.736. The van der Waals surface area contributed by atoms with Gasteiger partial charge in [-0.3, -0.25) is 4.79 Å². The molecular weight excluding hydrogens is 276 g/mol. The maximum absolute atomic E-state index is 11.8. The Labute approximate surface area is 110 Å². The minimum absolute atomic E-state index is 0.0626. The van der Waals surface area contributed by atoms with Gasteiger partial charge in [0.05, 0.1) is 0 Å². The Morgan fingerprint density at radius 3 is 2.71 bits per heavy atom. The van der Waals surface area contributed by atoms with E-state index in [9.17, 15) is 4.79 Å². The van der Waals surface area contributed by atoms with Gasteiger partial charge in [0, 0.05) is 10.0 Å². The smallest absolute Gasteiger partial charge is 0.185 e. The average Bonchev–Trinajstić information content (AvgIpc) is 2.39. The Kier molecular flexibility index (Phi) is 4.10. The van der Waals surface area contributed by atoms with Crippen molar-refractivity contribution in [2.75, 3.05) is 0 Å². The van der Waals surface area contributed by atoms with E-state index in [-0.39, 0.29) is 5.78 Å². The molecule has 1 aromatic rings. The SMILES string of the molecule is O=C(C=CC1C=CC(Br)=CC1)c1ccccc1. The fraction of sp³-hybridized carbons (Fsp3) is 0.133. The molecule has 2 rings (SSSR count). The van der Waals surface area contributed by atoms with E-state index in [4.69, 9.17) is 0 Å². The van der Waals surface area contributed by atoms with Gasteiger partial charge in [0.1, 0.15) is 0 Å². The first-order valence-corrected chi connectivity index (χ1v) is 6.36. The zero-order valence-electron chi connectivity index (χ0n) is 9.34. The Hall–Kier alpha value is -1.41. The fourth-order valence-electron chi connectivity index (χ4n) is 1.66. The maximum atomic E-state index is 11.8. The molecule has 1 aliphatic carbocycles. The molecule has 0 heterocycles. The molecule has 17 heavy (non-hydrogen) atoms. The van der Waals surface area contributed by atoms with Crippen molar-refractivity contribution < 1.29 is 4.79 Å². The lowest BCUT2D eigenvalue weighted by atomic mass is 9.99. The molecule has 0 saturated heterocycles. The summed E-state index contributed by atoms with van der Waals surface area (Å²) in [6.07, 6.45) is 10.8. The Bertz CT molecular complexity index is 483. The van der Waals surface area contributed by atoms with E-state index in [0.717, 1.165) is 16.5 Å². The lowest BCUT2D eigenvalue weighted by Crippen LogP contribution is -1.98. The molecule has 0 saturated carbocycles. The van der Waals surface area contributed by atoms with Crippen LogP contribution in [-0.4, -0.2) is 5.78 Å². The largest absolute Gasteiger partial charge is 0.289 e. The minimum atomic E-state index is 0.0626.